The predicted molar refractivity (Wildman–Crippen MR) is 95.7 cm³/mol. The highest BCUT2D eigenvalue weighted by atomic mass is 35.5. The Morgan fingerprint density at radius 1 is 1.32 bits per heavy atom. The number of aryl methyl sites for hydroxylation is 1. The third kappa shape index (κ3) is 4.11. The van der Waals surface area contributed by atoms with Crippen molar-refractivity contribution >= 4 is 29.4 Å². The smallest absolute Gasteiger partial charge is 0.323 e. The van der Waals surface area contributed by atoms with Gasteiger partial charge in [-0.05, 0) is 24.6 Å². The molecule has 0 atom stereocenters. The summed E-state index contributed by atoms with van der Waals surface area (Å²) < 4.78 is 1.72. The number of carbonyl (C=O) groups is 2. The quantitative estimate of drug-likeness (QED) is 0.911. The van der Waals surface area contributed by atoms with Gasteiger partial charge in [0, 0.05) is 31.2 Å². The molecule has 8 heteroatoms. The van der Waals surface area contributed by atoms with E-state index in [1.807, 2.05) is 31.2 Å². The number of piperazine rings is 1. The van der Waals surface area contributed by atoms with Gasteiger partial charge in [-0.15, -0.1) is 0 Å². The van der Waals surface area contributed by atoms with Crippen molar-refractivity contribution in [1.82, 2.24) is 19.6 Å². The normalized spacial score (nSPS) is 14.8. The zero-order chi connectivity index (χ0) is 18.0. The Morgan fingerprint density at radius 3 is 2.84 bits per heavy atom. The van der Waals surface area contributed by atoms with Crippen LogP contribution in [0.4, 0.5) is 10.6 Å². The molecule has 0 spiro atoms. The Hall–Kier alpha value is -2.54. The van der Waals surface area contributed by atoms with Crippen molar-refractivity contribution in [3.8, 4) is 0 Å². The Kier molecular flexibility index (Phi) is 4.94. The fourth-order valence-corrected chi connectivity index (χ4v) is 2.91. The molecular formula is C17H20ClN5O2. The number of anilines is 1. The van der Waals surface area contributed by atoms with Crippen molar-refractivity contribution in [2.75, 3.05) is 32.0 Å². The number of urea groups is 1. The number of aromatic nitrogens is 2. The van der Waals surface area contributed by atoms with E-state index in [1.54, 1.807) is 22.7 Å². The molecule has 1 aliphatic rings. The van der Waals surface area contributed by atoms with Crippen molar-refractivity contribution in [1.29, 1.82) is 0 Å². The highest BCUT2D eigenvalue weighted by Gasteiger charge is 2.25. The van der Waals surface area contributed by atoms with Crippen LogP contribution in [0.3, 0.4) is 0 Å². The summed E-state index contributed by atoms with van der Waals surface area (Å²) in [6.07, 6.45) is 0. The van der Waals surface area contributed by atoms with Crippen LogP contribution in [-0.2, 0) is 11.3 Å². The van der Waals surface area contributed by atoms with Gasteiger partial charge in [-0.25, -0.2) is 9.48 Å². The van der Waals surface area contributed by atoms with Crippen LogP contribution in [-0.4, -0.2) is 58.2 Å². The molecule has 0 unspecified atom stereocenters. The summed E-state index contributed by atoms with van der Waals surface area (Å²) in [4.78, 5) is 27.4. The van der Waals surface area contributed by atoms with Gasteiger partial charge in [0.1, 0.15) is 12.4 Å². The predicted octanol–water partition coefficient (Wildman–Crippen LogP) is 2.20. The molecule has 1 fully saturated rings. The van der Waals surface area contributed by atoms with Gasteiger partial charge in [0.15, 0.2) is 0 Å². The van der Waals surface area contributed by atoms with Crippen LogP contribution in [0.25, 0.3) is 0 Å². The average Bonchev–Trinajstić information content (AvgIpc) is 2.89. The summed E-state index contributed by atoms with van der Waals surface area (Å²) >= 11 is 6.03. The summed E-state index contributed by atoms with van der Waals surface area (Å²) in [6.45, 7) is 3.49. The molecule has 132 valence electrons. The zero-order valence-electron chi connectivity index (χ0n) is 14.2. The van der Waals surface area contributed by atoms with Gasteiger partial charge in [-0.2, -0.15) is 5.10 Å². The summed E-state index contributed by atoms with van der Waals surface area (Å²) in [6, 6.07) is 9.01. The van der Waals surface area contributed by atoms with Gasteiger partial charge < -0.3 is 9.80 Å². The number of amides is 3. The lowest BCUT2D eigenvalue weighted by atomic mass is 10.2. The Labute approximate surface area is 151 Å². The first-order chi connectivity index (χ1) is 11.9. The van der Waals surface area contributed by atoms with Crippen LogP contribution in [0.1, 0.15) is 11.3 Å². The summed E-state index contributed by atoms with van der Waals surface area (Å²) in [5.74, 6) is 0.527. The lowest BCUT2D eigenvalue weighted by Crippen LogP contribution is -2.51. The Bertz CT molecular complexity index is 804. The minimum atomic E-state index is -0.298. The molecule has 7 nitrogen and oxygen atoms in total. The number of nitrogens with one attached hydrogen (secondary N) is 1. The van der Waals surface area contributed by atoms with Crippen molar-refractivity contribution in [3.63, 3.8) is 0 Å². The summed E-state index contributed by atoms with van der Waals surface area (Å²) in [7, 11) is 1.74. The molecule has 1 aromatic carbocycles. The molecule has 1 saturated heterocycles. The molecule has 0 bridgehead atoms. The third-order valence-corrected chi connectivity index (χ3v) is 4.34. The molecule has 25 heavy (non-hydrogen) atoms. The molecule has 3 amide bonds. The van der Waals surface area contributed by atoms with E-state index in [2.05, 4.69) is 10.4 Å². The molecule has 1 N–H and O–H groups in total. The highest BCUT2D eigenvalue weighted by molar-refractivity contribution is 6.30. The van der Waals surface area contributed by atoms with Gasteiger partial charge in [0.25, 0.3) is 0 Å². The summed E-state index contributed by atoms with van der Waals surface area (Å²) in [5.41, 5.74) is 1.78. The number of likely N-dealkylation sites (N-methyl/N-ethyl adjacent to an activating group) is 1. The molecule has 1 aliphatic heterocycles. The zero-order valence-corrected chi connectivity index (χ0v) is 15.0. The average molecular weight is 362 g/mol. The van der Waals surface area contributed by atoms with Crippen molar-refractivity contribution < 1.29 is 9.59 Å². The number of benzene rings is 1. The van der Waals surface area contributed by atoms with Gasteiger partial charge in [0.2, 0.25) is 5.91 Å². The standard InChI is InChI=1S/C17H20ClN5O2/c1-12-8-15(19-17(25)22-7-6-21(2)16(24)11-22)23(20-12)10-13-4-3-5-14(18)9-13/h3-5,8-9H,6-7,10-11H2,1-2H3,(H,19,25). The minimum Gasteiger partial charge on any atom is -0.342 e. The first kappa shape index (κ1) is 17.3. The molecule has 3 rings (SSSR count). The number of nitrogens with zero attached hydrogens (tertiary/aromatic N) is 4. The third-order valence-electron chi connectivity index (χ3n) is 4.10. The second-order valence-corrected chi connectivity index (χ2v) is 6.56. The lowest BCUT2D eigenvalue weighted by Gasteiger charge is -2.31. The maximum Gasteiger partial charge on any atom is 0.323 e. The first-order valence-corrected chi connectivity index (χ1v) is 8.39. The molecule has 2 aromatic rings. The van der Waals surface area contributed by atoms with E-state index in [0.717, 1.165) is 11.3 Å². The second kappa shape index (κ2) is 7.14. The first-order valence-electron chi connectivity index (χ1n) is 8.01. The van der Waals surface area contributed by atoms with E-state index in [1.165, 1.54) is 4.90 Å². The maximum atomic E-state index is 12.5. The topological polar surface area (TPSA) is 70.5 Å². The van der Waals surface area contributed by atoms with Crippen LogP contribution in [0.2, 0.25) is 5.02 Å². The van der Waals surface area contributed by atoms with E-state index in [4.69, 9.17) is 11.6 Å². The van der Waals surface area contributed by atoms with Gasteiger partial charge in [-0.3, -0.25) is 10.1 Å². The fraction of sp³-hybridized carbons (Fsp3) is 0.353. The fourth-order valence-electron chi connectivity index (χ4n) is 2.70. The van der Waals surface area contributed by atoms with E-state index < -0.39 is 0 Å². The van der Waals surface area contributed by atoms with E-state index in [-0.39, 0.29) is 18.5 Å². The van der Waals surface area contributed by atoms with Crippen LogP contribution in [0.5, 0.6) is 0 Å². The van der Waals surface area contributed by atoms with Gasteiger partial charge >= 0.3 is 6.03 Å². The molecule has 0 radical (unpaired) electrons. The van der Waals surface area contributed by atoms with E-state index >= 15 is 0 Å². The van der Waals surface area contributed by atoms with Crippen molar-refractivity contribution in [3.05, 3.63) is 46.6 Å². The molecular weight excluding hydrogens is 342 g/mol. The van der Waals surface area contributed by atoms with Crippen LogP contribution in [0, 0.1) is 6.92 Å². The molecule has 2 heterocycles. The second-order valence-electron chi connectivity index (χ2n) is 6.13. The SMILES string of the molecule is Cc1cc(NC(=O)N2CCN(C)C(=O)C2)n(Cc2cccc(Cl)c2)n1. The number of hydrogen-bond donors (Lipinski definition) is 1. The van der Waals surface area contributed by atoms with Crippen LogP contribution < -0.4 is 5.32 Å². The van der Waals surface area contributed by atoms with Crippen molar-refractivity contribution in [2.24, 2.45) is 0 Å². The highest BCUT2D eigenvalue weighted by Crippen LogP contribution is 2.17. The van der Waals surface area contributed by atoms with Crippen LogP contribution >= 0.6 is 11.6 Å². The number of hydrogen-bond acceptors (Lipinski definition) is 3. The largest absolute Gasteiger partial charge is 0.342 e. The lowest BCUT2D eigenvalue weighted by molar-refractivity contribution is -0.133. The van der Waals surface area contributed by atoms with Gasteiger partial charge in [0.05, 0.1) is 12.2 Å². The van der Waals surface area contributed by atoms with Crippen LogP contribution in [0.15, 0.2) is 30.3 Å². The summed E-state index contributed by atoms with van der Waals surface area (Å²) in [5, 5.41) is 7.94. The molecule has 1 aromatic heterocycles. The minimum absolute atomic E-state index is 0.0648. The molecule has 0 saturated carbocycles. The number of halogens is 1. The monoisotopic (exact) mass is 361 g/mol. The Balaban J connectivity index is 1.72. The number of carbonyl (C=O) groups excluding carboxylic acids is 2. The van der Waals surface area contributed by atoms with Crippen molar-refractivity contribution in [2.45, 2.75) is 13.5 Å². The van der Waals surface area contributed by atoms with Gasteiger partial charge in [-0.1, -0.05) is 23.7 Å². The van der Waals surface area contributed by atoms with E-state index in [0.29, 0.717) is 30.5 Å². The van der Waals surface area contributed by atoms with E-state index in [9.17, 15) is 9.59 Å². The Morgan fingerprint density at radius 2 is 2.12 bits per heavy atom. The molecule has 0 aliphatic carbocycles. The maximum absolute atomic E-state index is 12.5. The number of rotatable bonds is 3.